The van der Waals surface area contributed by atoms with E-state index in [4.69, 9.17) is 0 Å². The van der Waals surface area contributed by atoms with Crippen LogP contribution >= 0.6 is 0 Å². The number of nitrogens with zero attached hydrogens (tertiary/aromatic N) is 3. The molecule has 3 aromatic rings. The second kappa shape index (κ2) is 6.20. The summed E-state index contributed by atoms with van der Waals surface area (Å²) >= 11 is 0. The van der Waals surface area contributed by atoms with E-state index in [0.29, 0.717) is 11.6 Å². The van der Waals surface area contributed by atoms with Crippen molar-refractivity contribution in [1.29, 1.82) is 0 Å². The Morgan fingerprint density at radius 2 is 2.15 bits per heavy atom. The second-order valence-corrected chi connectivity index (χ2v) is 7.79. The normalized spacial score (nSPS) is 21.3. The fourth-order valence-electron chi connectivity index (χ4n) is 4.78. The molecule has 5 rings (SSSR count). The lowest BCUT2D eigenvalue weighted by Crippen LogP contribution is -2.26. The van der Waals surface area contributed by atoms with Crippen LogP contribution in [0.1, 0.15) is 40.4 Å². The average Bonchev–Trinajstić information content (AvgIpc) is 3.19. The Bertz CT molecular complexity index is 958. The molecule has 0 spiro atoms. The van der Waals surface area contributed by atoms with Crippen molar-refractivity contribution < 1.29 is 4.39 Å². The van der Waals surface area contributed by atoms with E-state index in [1.54, 1.807) is 11.6 Å². The molecular weight excluding hydrogens is 325 g/mol. The molecule has 0 amide bonds. The van der Waals surface area contributed by atoms with Crippen LogP contribution in [-0.2, 0) is 26.2 Å². The van der Waals surface area contributed by atoms with Crippen LogP contribution in [0.5, 0.6) is 0 Å². The van der Waals surface area contributed by atoms with E-state index in [-0.39, 0.29) is 0 Å². The first-order chi connectivity index (χ1) is 12.7. The number of aryl methyl sites for hydroxylation is 3. The Hall–Kier alpha value is -2.20. The van der Waals surface area contributed by atoms with E-state index in [1.807, 2.05) is 12.3 Å². The first kappa shape index (κ1) is 16.0. The molecular formula is C22H24FN3. The highest BCUT2D eigenvalue weighted by atomic mass is 19.1. The number of halogens is 1. The Balaban J connectivity index is 1.53. The zero-order chi connectivity index (χ0) is 17.7. The number of pyridine rings is 1. The summed E-state index contributed by atoms with van der Waals surface area (Å²) in [6.07, 6.45) is 4.04. The van der Waals surface area contributed by atoms with Crippen LogP contribution in [0, 0.1) is 6.92 Å². The molecule has 1 fully saturated rings. The van der Waals surface area contributed by atoms with Gasteiger partial charge in [0.05, 0.1) is 5.69 Å². The van der Waals surface area contributed by atoms with Gasteiger partial charge in [0, 0.05) is 48.3 Å². The fraction of sp³-hybridized carbons (Fsp3) is 0.409. The lowest BCUT2D eigenvalue weighted by Gasteiger charge is -2.25. The molecule has 0 N–H and O–H groups in total. The van der Waals surface area contributed by atoms with Gasteiger partial charge in [-0.25, -0.2) is 4.39 Å². The minimum absolute atomic E-state index is 0.493. The van der Waals surface area contributed by atoms with Crippen molar-refractivity contribution >= 4 is 10.9 Å². The molecule has 2 unspecified atom stereocenters. The summed E-state index contributed by atoms with van der Waals surface area (Å²) in [6, 6.07) is 10.7. The third-order valence-corrected chi connectivity index (χ3v) is 6.07. The highest BCUT2D eigenvalue weighted by molar-refractivity contribution is 5.87. The zero-order valence-electron chi connectivity index (χ0n) is 15.2. The molecule has 0 aliphatic carbocycles. The highest BCUT2D eigenvalue weighted by Gasteiger charge is 2.35. The predicted molar refractivity (Wildman–Crippen MR) is 102 cm³/mol. The molecule has 2 aromatic heterocycles. The number of benzene rings is 1. The fourth-order valence-corrected chi connectivity index (χ4v) is 4.78. The van der Waals surface area contributed by atoms with Gasteiger partial charge in [-0.2, -0.15) is 0 Å². The Morgan fingerprint density at radius 1 is 1.23 bits per heavy atom. The zero-order valence-corrected chi connectivity index (χ0v) is 15.2. The van der Waals surface area contributed by atoms with Crippen molar-refractivity contribution in [1.82, 2.24) is 14.5 Å². The minimum atomic E-state index is -0.493. The maximum absolute atomic E-state index is 12.7. The van der Waals surface area contributed by atoms with Gasteiger partial charge in [-0.15, -0.1) is 0 Å². The molecule has 0 radical (unpaired) electrons. The van der Waals surface area contributed by atoms with Gasteiger partial charge >= 0.3 is 0 Å². The van der Waals surface area contributed by atoms with Crippen molar-refractivity contribution in [3.63, 3.8) is 0 Å². The molecule has 4 heterocycles. The van der Waals surface area contributed by atoms with Gasteiger partial charge in [-0.3, -0.25) is 9.88 Å². The molecule has 0 saturated carbocycles. The molecule has 1 saturated heterocycles. The first-order valence-electron chi connectivity index (χ1n) is 9.56. The van der Waals surface area contributed by atoms with Gasteiger partial charge in [0.1, 0.15) is 6.67 Å². The lowest BCUT2D eigenvalue weighted by atomic mass is 9.93. The van der Waals surface area contributed by atoms with Crippen molar-refractivity contribution in [2.45, 2.75) is 45.4 Å². The standard InChI is InChI=1S/C22H24FN3/c1-15-2-5-20-19(10-15)22-17-7-8-25(13-17)14-21(22)26(20)9-6-16-3-4-18(11-23)24-12-16/h2-5,10,12,17H,6-9,11,13-14H2,1H3. The largest absolute Gasteiger partial charge is 0.343 e. The number of rotatable bonds is 4. The van der Waals surface area contributed by atoms with Crippen molar-refractivity contribution in [3.8, 4) is 0 Å². The summed E-state index contributed by atoms with van der Waals surface area (Å²) in [6.45, 7) is 6.15. The number of hydrogen-bond donors (Lipinski definition) is 0. The van der Waals surface area contributed by atoms with Gasteiger partial charge in [-0.1, -0.05) is 17.7 Å². The summed E-state index contributed by atoms with van der Waals surface area (Å²) < 4.78 is 15.2. The van der Waals surface area contributed by atoms with Crippen molar-refractivity contribution in [3.05, 3.63) is 64.6 Å². The quantitative estimate of drug-likeness (QED) is 0.698. The smallest absolute Gasteiger partial charge is 0.131 e. The third kappa shape index (κ3) is 2.55. The summed E-state index contributed by atoms with van der Waals surface area (Å²) in [5.41, 5.74) is 7.49. The van der Waals surface area contributed by atoms with Crippen LogP contribution < -0.4 is 0 Å². The first-order valence-corrected chi connectivity index (χ1v) is 9.56. The van der Waals surface area contributed by atoms with Gasteiger partial charge in [0.25, 0.3) is 0 Å². The molecule has 26 heavy (non-hydrogen) atoms. The minimum Gasteiger partial charge on any atom is -0.343 e. The number of fused-ring (bicyclic) bond motifs is 6. The molecule has 1 aromatic carbocycles. The van der Waals surface area contributed by atoms with E-state index in [2.05, 4.69) is 39.6 Å². The summed E-state index contributed by atoms with van der Waals surface area (Å²) in [5.74, 6) is 0.690. The van der Waals surface area contributed by atoms with E-state index in [9.17, 15) is 4.39 Å². The van der Waals surface area contributed by atoms with E-state index < -0.39 is 6.67 Å². The summed E-state index contributed by atoms with van der Waals surface area (Å²) in [5, 5.41) is 1.46. The van der Waals surface area contributed by atoms with Gasteiger partial charge < -0.3 is 4.57 Å². The molecule has 4 heteroatoms. The van der Waals surface area contributed by atoms with Gasteiger partial charge in [0.2, 0.25) is 0 Å². The summed E-state index contributed by atoms with van der Waals surface area (Å²) in [4.78, 5) is 6.79. The van der Waals surface area contributed by atoms with Crippen molar-refractivity contribution in [2.75, 3.05) is 13.1 Å². The van der Waals surface area contributed by atoms with Crippen LogP contribution in [-0.4, -0.2) is 27.5 Å². The molecule has 2 atom stereocenters. The molecule has 2 aliphatic heterocycles. The highest BCUT2D eigenvalue weighted by Crippen LogP contribution is 2.42. The number of alkyl halides is 1. The average molecular weight is 349 g/mol. The molecule has 3 nitrogen and oxygen atoms in total. The maximum Gasteiger partial charge on any atom is 0.131 e. The molecule has 2 aliphatic rings. The number of hydrogen-bond acceptors (Lipinski definition) is 2. The Kier molecular flexibility index (Phi) is 3.82. The van der Waals surface area contributed by atoms with E-state index in [1.165, 1.54) is 47.2 Å². The Morgan fingerprint density at radius 3 is 2.96 bits per heavy atom. The van der Waals surface area contributed by atoms with Crippen LogP contribution in [0.2, 0.25) is 0 Å². The lowest BCUT2D eigenvalue weighted by molar-refractivity contribution is 0.304. The van der Waals surface area contributed by atoms with Crippen LogP contribution in [0.4, 0.5) is 4.39 Å². The summed E-state index contributed by atoms with van der Waals surface area (Å²) in [7, 11) is 0. The third-order valence-electron chi connectivity index (χ3n) is 6.07. The van der Waals surface area contributed by atoms with Gasteiger partial charge in [-0.05, 0) is 55.6 Å². The van der Waals surface area contributed by atoms with Crippen LogP contribution in [0.25, 0.3) is 10.9 Å². The van der Waals surface area contributed by atoms with Crippen LogP contribution in [0.15, 0.2) is 36.5 Å². The van der Waals surface area contributed by atoms with E-state index >= 15 is 0 Å². The SMILES string of the molecule is Cc1ccc2c(c1)c1c(n2CCc2ccc(CF)nc2)CN2CCC1C2. The van der Waals surface area contributed by atoms with Crippen LogP contribution in [0.3, 0.4) is 0 Å². The number of aromatic nitrogens is 2. The maximum atomic E-state index is 12.7. The predicted octanol–water partition coefficient (Wildman–Crippen LogP) is 4.36. The Labute approximate surface area is 153 Å². The topological polar surface area (TPSA) is 21.1 Å². The van der Waals surface area contributed by atoms with Gasteiger partial charge in [0.15, 0.2) is 0 Å². The molecule has 134 valence electrons. The monoisotopic (exact) mass is 349 g/mol. The van der Waals surface area contributed by atoms with Crippen molar-refractivity contribution in [2.24, 2.45) is 0 Å². The van der Waals surface area contributed by atoms with E-state index in [0.717, 1.165) is 19.5 Å². The molecule has 2 bridgehead atoms. The second-order valence-electron chi connectivity index (χ2n) is 7.79.